The fourth-order valence-corrected chi connectivity index (χ4v) is 2.74. The van der Waals surface area contributed by atoms with Crippen LogP contribution in [0, 0.1) is 17.7 Å². The molecule has 2 atom stereocenters. The van der Waals surface area contributed by atoms with E-state index in [1.165, 1.54) is 0 Å². The predicted octanol–water partition coefficient (Wildman–Crippen LogP) is 2.21. The molecule has 2 aliphatic rings. The van der Waals surface area contributed by atoms with E-state index in [4.69, 9.17) is 0 Å². The normalized spacial score (nSPS) is 26.8. The molecule has 2 fully saturated rings. The highest BCUT2D eigenvalue weighted by Crippen LogP contribution is 2.41. The zero-order valence-corrected chi connectivity index (χ0v) is 11.5. The summed E-state index contributed by atoms with van der Waals surface area (Å²) in [6, 6.07) is 1.80. The fourth-order valence-electron chi connectivity index (χ4n) is 2.74. The van der Waals surface area contributed by atoms with Crippen LogP contribution in [0.4, 0.5) is 17.6 Å². The van der Waals surface area contributed by atoms with Crippen LogP contribution in [0.1, 0.15) is 15.9 Å². The van der Waals surface area contributed by atoms with Crippen molar-refractivity contribution in [3.8, 4) is 0 Å². The third kappa shape index (κ3) is 2.98. The minimum absolute atomic E-state index is 0. The number of hydrogen-bond acceptors (Lipinski definition) is 2. The molecule has 2 unspecified atom stereocenters. The molecule has 21 heavy (non-hydrogen) atoms. The lowest BCUT2D eigenvalue weighted by Crippen LogP contribution is -2.33. The van der Waals surface area contributed by atoms with E-state index in [2.05, 4.69) is 10.6 Å². The van der Waals surface area contributed by atoms with Crippen LogP contribution in [0.2, 0.25) is 0 Å². The van der Waals surface area contributed by atoms with E-state index in [9.17, 15) is 22.4 Å². The van der Waals surface area contributed by atoms with Gasteiger partial charge in [0.25, 0.3) is 5.91 Å². The Bertz CT molecular complexity index is 554. The van der Waals surface area contributed by atoms with Crippen molar-refractivity contribution in [2.75, 3.05) is 13.1 Å². The van der Waals surface area contributed by atoms with Gasteiger partial charge in [-0.3, -0.25) is 4.79 Å². The second-order valence-corrected chi connectivity index (χ2v) is 5.18. The molecule has 1 saturated carbocycles. The van der Waals surface area contributed by atoms with Gasteiger partial charge in [-0.05, 0) is 30.0 Å². The molecular formula is C13H13ClF4N2O. The smallest absolute Gasteiger partial charge is 0.349 e. The zero-order valence-electron chi connectivity index (χ0n) is 10.7. The van der Waals surface area contributed by atoms with Crippen molar-refractivity contribution in [2.45, 2.75) is 12.2 Å². The molecule has 1 saturated heterocycles. The molecule has 3 rings (SSSR count). The molecule has 1 aromatic rings. The van der Waals surface area contributed by atoms with Gasteiger partial charge >= 0.3 is 6.18 Å². The Morgan fingerprint density at radius 2 is 1.86 bits per heavy atom. The number of piperidine rings is 1. The third-order valence-electron chi connectivity index (χ3n) is 3.93. The monoisotopic (exact) mass is 324 g/mol. The first-order valence-electron chi connectivity index (χ1n) is 6.26. The quantitative estimate of drug-likeness (QED) is 0.819. The summed E-state index contributed by atoms with van der Waals surface area (Å²) in [6.07, 6.45) is -4.59. The average molecular weight is 325 g/mol. The molecule has 2 N–H and O–H groups in total. The van der Waals surface area contributed by atoms with Gasteiger partial charge in [-0.2, -0.15) is 13.2 Å². The SMILES string of the molecule is Cl.O=C(NC1C2CNCC21)c1cc(C(F)(F)F)ccc1F. The Morgan fingerprint density at radius 1 is 1.24 bits per heavy atom. The van der Waals surface area contributed by atoms with Crippen LogP contribution in [0.15, 0.2) is 18.2 Å². The van der Waals surface area contributed by atoms with Crippen molar-refractivity contribution in [2.24, 2.45) is 11.8 Å². The lowest BCUT2D eigenvalue weighted by molar-refractivity contribution is -0.137. The van der Waals surface area contributed by atoms with E-state index >= 15 is 0 Å². The fraction of sp³-hybridized carbons (Fsp3) is 0.462. The van der Waals surface area contributed by atoms with Crippen molar-refractivity contribution in [3.63, 3.8) is 0 Å². The van der Waals surface area contributed by atoms with Crippen LogP contribution >= 0.6 is 12.4 Å². The Balaban J connectivity index is 0.00000161. The first kappa shape index (κ1) is 16.0. The lowest BCUT2D eigenvalue weighted by Gasteiger charge is -2.11. The van der Waals surface area contributed by atoms with Gasteiger partial charge in [0, 0.05) is 19.1 Å². The number of rotatable bonds is 2. The van der Waals surface area contributed by atoms with Crippen LogP contribution in [-0.4, -0.2) is 25.0 Å². The Morgan fingerprint density at radius 3 is 2.43 bits per heavy atom. The average Bonchev–Trinajstić information content (AvgIpc) is 2.82. The Hall–Kier alpha value is -1.34. The van der Waals surface area contributed by atoms with E-state index in [0.29, 0.717) is 30.0 Å². The van der Waals surface area contributed by atoms with Crippen LogP contribution in [-0.2, 0) is 6.18 Å². The van der Waals surface area contributed by atoms with E-state index in [-0.39, 0.29) is 18.4 Å². The molecule has 1 aliphatic heterocycles. The predicted molar refractivity (Wildman–Crippen MR) is 69.8 cm³/mol. The minimum Gasteiger partial charge on any atom is -0.349 e. The summed E-state index contributed by atoms with van der Waals surface area (Å²) in [6.45, 7) is 1.56. The van der Waals surface area contributed by atoms with E-state index in [1.54, 1.807) is 0 Å². The molecule has 1 heterocycles. The summed E-state index contributed by atoms with van der Waals surface area (Å²) in [5, 5.41) is 5.74. The van der Waals surface area contributed by atoms with Gasteiger partial charge in [0.1, 0.15) is 5.82 Å². The number of benzene rings is 1. The van der Waals surface area contributed by atoms with Crippen LogP contribution < -0.4 is 10.6 Å². The lowest BCUT2D eigenvalue weighted by atomic mass is 10.1. The molecule has 3 nitrogen and oxygen atoms in total. The number of carbonyl (C=O) groups is 1. The van der Waals surface area contributed by atoms with E-state index in [0.717, 1.165) is 13.1 Å². The van der Waals surface area contributed by atoms with Crippen LogP contribution in [0.25, 0.3) is 0 Å². The Kier molecular flexibility index (Phi) is 4.17. The number of halogens is 5. The van der Waals surface area contributed by atoms with Crippen molar-refractivity contribution >= 4 is 18.3 Å². The standard InChI is InChI=1S/C13H12F4N2O.ClH/c14-10-2-1-6(13(15,16)17)3-7(10)12(20)19-11-8-4-18-5-9(8)11;/h1-3,8-9,11,18H,4-5H2,(H,19,20);1H. The van der Waals surface area contributed by atoms with Gasteiger partial charge in [0.2, 0.25) is 0 Å². The van der Waals surface area contributed by atoms with E-state index < -0.39 is 29.0 Å². The second kappa shape index (κ2) is 5.46. The van der Waals surface area contributed by atoms with Gasteiger partial charge in [0.05, 0.1) is 11.1 Å². The largest absolute Gasteiger partial charge is 0.416 e. The molecular weight excluding hydrogens is 312 g/mol. The van der Waals surface area contributed by atoms with Crippen molar-refractivity contribution < 1.29 is 22.4 Å². The van der Waals surface area contributed by atoms with Crippen LogP contribution in [0.5, 0.6) is 0 Å². The van der Waals surface area contributed by atoms with Gasteiger partial charge in [0.15, 0.2) is 0 Å². The van der Waals surface area contributed by atoms with Gasteiger partial charge < -0.3 is 10.6 Å². The van der Waals surface area contributed by atoms with Gasteiger partial charge in [-0.1, -0.05) is 0 Å². The molecule has 1 amide bonds. The van der Waals surface area contributed by atoms with Crippen molar-refractivity contribution in [3.05, 3.63) is 35.1 Å². The summed E-state index contributed by atoms with van der Waals surface area (Å²) >= 11 is 0. The molecule has 8 heteroatoms. The number of fused-ring (bicyclic) bond motifs is 1. The molecule has 1 aromatic carbocycles. The molecule has 116 valence electrons. The summed E-state index contributed by atoms with van der Waals surface area (Å²) in [5.41, 5.74) is -1.58. The summed E-state index contributed by atoms with van der Waals surface area (Å²) in [5.74, 6) is -1.10. The first-order valence-corrected chi connectivity index (χ1v) is 6.26. The maximum Gasteiger partial charge on any atom is 0.416 e. The van der Waals surface area contributed by atoms with Crippen molar-refractivity contribution in [1.82, 2.24) is 10.6 Å². The molecule has 0 bridgehead atoms. The maximum atomic E-state index is 13.5. The van der Waals surface area contributed by atoms with Crippen molar-refractivity contribution in [1.29, 1.82) is 0 Å². The topological polar surface area (TPSA) is 41.1 Å². The molecule has 1 aliphatic carbocycles. The van der Waals surface area contributed by atoms with Crippen LogP contribution in [0.3, 0.4) is 0 Å². The molecule has 0 aromatic heterocycles. The highest BCUT2D eigenvalue weighted by Gasteiger charge is 2.53. The number of hydrogen-bond donors (Lipinski definition) is 2. The van der Waals surface area contributed by atoms with Gasteiger partial charge in [-0.25, -0.2) is 4.39 Å². The second-order valence-electron chi connectivity index (χ2n) is 5.18. The summed E-state index contributed by atoms with van der Waals surface area (Å²) in [7, 11) is 0. The Labute approximate surface area is 124 Å². The summed E-state index contributed by atoms with van der Waals surface area (Å²) < 4.78 is 51.2. The molecule has 0 radical (unpaired) electrons. The number of carbonyl (C=O) groups excluding carboxylic acids is 1. The highest BCUT2D eigenvalue weighted by atomic mass is 35.5. The maximum absolute atomic E-state index is 13.5. The van der Waals surface area contributed by atoms with Gasteiger partial charge in [-0.15, -0.1) is 12.4 Å². The zero-order chi connectivity index (χ0) is 14.5. The van der Waals surface area contributed by atoms with E-state index in [1.807, 2.05) is 0 Å². The highest BCUT2D eigenvalue weighted by molar-refractivity contribution is 5.95. The number of alkyl halides is 3. The first-order chi connectivity index (χ1) is 9.38. The third-order valence-corrected chi connectivity index (χ3v) is 3.93. The minimum atomic E-state index is -4.59. The number of nitrogens with one attached hydrogen (secondary N) is 2. The molecule has 0 spiro atoms. The summed E-state index contributed by atoms with van der Waals surface area (Å²) in [4.78, 5) is 11.9. The number of amides is 1.